The number of amides is 2. The highest BCUT2D eigenvalue weighted by atomic mass is 35.5. The molecule has 8 heteroatoms. The first-order chi connectivity index (χ1) is 10.1. The molecule has 0 bridgehead atoms. The van der Waals surface area contributed by atoms with Crippen LogP contribution in [0.15, 0.2) is 17.5 Å². The van der Waals surface area contributed by atoms with Crippen molar-refractivity contribution >= 4 is 35.6 Å². The molecule has 0 aliphatic carbocycles. The van der Waals surface area contributed by atoms with Crippen LogP contribution in [0.1, 0.15) is 11.3 Å². The van der Waals surface area contributed by atoms with Gasteiger partial charge in [0.25, 0.3) is 0 Å². The Kier molecular flexibility index (Phi) is 8.40. The van der Waals surface area contributed by atoms with Gasteiger partial charge in [-0.2, -0.15) is 0 Å². The third-order valence-corrected chi connectivity index (χ3v) is 4.14. The van der Waals surface area contributed by atoms with Crippen molar-refractivity contribution in [1.82, 2.24) is 15.5 Å². The largest absolute Gasteiger partial charge is 0.378 e. The lowest BCUT2D eigenvalue weighted by molar-refractivity contribution is -0.135. The highest BCUT2D eigenvalue weighted by Crippen LogP contribution is 2.07. The van der Waals surface area contributed by atoms with E-state index in [1.54, 1.807) is 18.4 Å². The van der Waals surface area contributed by atoms with Gasteiger partial charge in [0.05, 0.1) is 26.3 Å². The number of hydrogen-bond acceptors (Lipinski definition) is 5. The summed E-state index contributed by atoms with van der Waals surface area (Å²) in [4.78, 5) is 26.4. The molecule has 22 heavy (non-hydrogen) atoms. The zero-order valence-corrected chi connectivity index (χ0v) is 14.2. The summed E-state index contributed by atoms with van der Waals surface area (Å²) in [5.74, 6) is -0.198. The van der Waals surface area contributed by atoms with Gasteiger partial charge in [-0.15, -0.1) is 23.7 Å². The van der Waals surface area contributed by atoms with Crippen LogP contribution in [0.2, 0.25) is 0 Å². The lowest BCUT2D eigenvalue weighted by Crippen LogP contribution is -2.46. The van der Waals surface area contributed by atoms with E-state index >= 15 is 0 Å². The third kappa shape index (κ3) is 6.31. The maximum Gasteiger partial charge on any atom is 0.239 e. The molecule has 2 heterocycles. The lowest BCUT2D eigenvalue weighted by atomic mass is 10.2. The number of likely N-dealkylation sites (N-methyl/N-ethyl adjacent to an activating group) is 1. The average molecular weight is 348 g/mol. The van der Waals surface area contributed by atoms with Crippen LogP contribution >= 0.6 is 23.7 Å². The number of rotatable bonds is 6. The van der Waals surface area contributed by atoms with Gasteiger partial charge in [0.15, 0.2) is 0 Å². The van der Waals surface area contributed by atoms with Crippen LogP contribution in [0.3, 0.4) is 0 Å². The van der Waals surface area contributed by atoms with Crippen molar-refractivity contribution in [2.24, 2.45) is 0 Å². The van der Waals surface area contributed by atoms with Crippen LogP contribution < -0.4 is 10.6 Å². The van der Waals surface area contributed by atoms with Gasteiger partial charge in [-0.25, -0.2) is 0 Å². The second-order valence-electron chi connectivity index (χ2n) is 5.04. The van der Waals surface area contributed by atoms with E-state index in [-0.39, 0.29) is 36.8 Å². The molecular weight excluding hydrogens is 326 g/mol. The molecule has 1 aromatic heterocycles. The second kappa shape index (κ2) is 9.78. The fourth-order valence-electron chi connectivity index (χ4n) is 2.08. The Hall–Kier alpha value is -1.15. The van der Waals surface area contributed by atoms with Crippen molar-refractivity contribution in [3.8, 4) is 0 Å². The number of carbonyl (C=O) groups excluding carboxylic acids is 2. The standard InChI is InChI=1S/C14H21N3O3S.ClH/c1-17(14(19)7-11-10-20-5-4-15-11)9-13(18)16-8-12-3-2-6-21-12;/h2-3,6,11,15H,4-5,7-10H2,1H3,(H,16,18);1H. The number of halogens is 1. The smallest absolute Gasteiger partial charge is 0.239 e. The van der Waals surface area contributed by atoms with E-state index in [4.69, 9.17) is 4.74 Å². The summed E-state index contributed by atoms with van der Waals surface area (Å²) in [7, 11) is 1.65. The van der Waals surface area contributed by atoms with E-state index in [1.165, 1.54) is 4.90 Å². The topological polar surface area (TPSA) is 70.7 Å². The minimum absolute atomic E-state index is 0. The van der Waals surface area contributed by atoms with Crippen molar-refractivity contribution in [2.75, 3.05) is 33.4 Å². The van der Waals surface area contributed by atoms with Crippen LogP contribution in [0.4, 0.5) is 0 Å². The van der Waals surface area contributed by atoms with Gasteiger partial charge >= 0.3 is 0 Å². The van der Waals surface area contributed by atoms with E-state index in [9.17, 15) is 9.59 Å². The maximum atomic E-state index is 12.0. The van der Waals surface area contributed by atoms with Gasteiger partial charge in [0.1, 0.15) is 0 Å². The molecule has 1 saturated heterocycles. The molecule has 1 unspecified atom stereocenters. The van der Waals surface area contributed by atoms with Gasteiger partial charge < -0.3 is 20.3 Å². The monoisotopic (exact) mass is 347 g/mol. The zero-order valence-electron chi connectivity index (χ0n) is 12.5. The first-order valence-corrected chi connectivity index (χ1v) is 7.87. The molecule has 2 rings (SSSR count). The molecule has 1 atom stereocenters. The number of ether oxygens (including phenoxy) is 1. The molecule has 1 aliphatic rings. The van der Waals surface area contributed by atoms with Gasteiger partial charge in [-0.3, -0.25) is 9.59 Å². The first kappa shape index (κ1) is 18.9. The van der Waals surface area contributed by atoms with E-state index in [0.717, 1.165) is 11.4 Å². The summed E-state index contributed by atoms with van der Waals surface area (Å²) in [6.07, 6.45) is 0.356. The molecule has 1 aliphatic heterocycles. The lowest BCUT2D eigenvalue weighted by Gasteiger charge is -2.25. The fraction of sp³-hybridized carbons (Fsp3) is 0.571. The van der Waals surface area contributed by atoms with Crippen LogP contribution in [-0.4, -0.2) is 56.1 Å². The van der Waals surface area contributed by atoms with E-state index < -0.39 is 0 Å². The summed E-state index contributed by atoms with van der Waals surface area (Å²) in [5, 5.41) is 8.01. The number of nitrogens with zero attached hydrogens (tertiary/aromatic N) is 1. The zero-order chi connectivity index (χ0) is 15.1. The first-order valence-electron chi connectivity index (χ1n) is 6.99. The summed E-state index contributed by atoms with van der Waals surface area (Å²) >= 11 is 1.60. The van der Waals surface area contributed by atoms with Crippen molar-refractivity contribution in [3.63, 3.8) is 0 Å². The van der Waals surface area contributed by atoms with E-state index in [1.807, 2.05) is 17.5 Å². The number of carbonyl (C=O) groups is 2. The SMILES string of the molecule is CN(CC(=O)NCc1cccs1)C(=O)CC1COCCN1.Cl. The Morgan fingerprint density at radius 2 is 2.36 bits per heavy atom. The maximum absolute atomic E-state index is 12.0. The van der Waals surface area contributed by atoms with E-state index in [0.29, 0.717) is 26.2 Å². The minimum Gasteiger partial charge on any atom is -0.378 e. The molecule has 2 N–H and O–H groups in total. The van der Waals surface area contributed by atoms with Gasteiger partial charge in [-0.05, 0) is 11.4 Å². The Bertz CT molecular complexity index is 464. The Labute approximate surface area is 140 Å². The van der Waals surface area contributed by atoms with Crippen LogP contribution in [0.25, 0.3) is 0 Å². The van der Waals surface area contributed by atoms with E-state index in [2.05, 4.69) is 10.6 Å². The molecule has 0 saturated carbocycles. The predicted molar refractivity (Wildman–Crippen MR) is 88.3 cm³/mol. The molecule has 0 radical (unpaired) electrons. The Balaban J connectivity index is 0.00000242. The summed E-state index contributed by atoms with van der Waals surface area (Å²) in [5.41, 5.74) is 0. The summed E-state index contributed by atoms with van der Waals surface area (Å²) < 4.78 is 5.31. The number of morpholine rings is 1. The molecule has 6 nitrogen and oxygen atoms in total. The molecule has 0 aromatic carbocycles. The van der Waals surface area contributed by atoms with Crippen molar-refractivity contribution in [1.29, 1.82) is 0 Å². The predicted octanol–water partition coefficient (Wildman–Crippen LogP) is 0.623. The molecular formula is C14H22ClN3O3S. The average Bonchev–Trinajstić information content (AvgIpc) is 2.99. The normalized spacial score (nSPS) is 17.4. The Morgan fingerprint density at radius 3 is 3.00 bits per heavy atom. The highest BCUT2D eigenvalue weighted by molar-refractivity contribution is 7.09. The van der Waals surface area contributed by atoms with Crippen LogP contribution in [-0.2, 0) is 20.9 Å². The van der Waals surface area contributed by atoms with Gasteiger partial charge in [0, 0.05) is 30.9 Å². The highest BCUT2D eigenvalue weighted by Gasteiger charge is 2.20. The summed E-state index contributed by atoms with van der Waals surface area (Å²) in [6, 6.07) is 3.96. The number of thiophene rings is 1. The fourth-order valence-corrected chi connectivity index (χ4v) is 2.72. The van der Waals surface area contributed by atoms with Crippen molar-refractivity contribution in [2.45, 2.75) is 19.0 Å². The molecule has 0 spiro atoms. The number of nitrogens with one attached hydrogen (secondary N) is 2. The quantitative estimate of drug-likeness (QED) is 0.791. The van der Waals surface area contributed by atoms with Crippen LogP contribution in [0, 0.1) is 0 Å². The minimum atomic E-state index is -0.146. The second-order valence-corrected chi connectivity index (χ2v) is 6.07. The molecule has 124 valence electrons. The molecule has 2 amide bonds. The van der Waals surface area contributed by atoms with Crippen LogP contribution in [0.5, 0.6) is 0 Å². The van der Waals surface area contributed by atoms with Gasteiger partial charge in [-0.1, -0.05) is 6.07 Å². The molecule has 1 fully saturated rings. The number of hydrogen-bond donors (Lipinski definition) is 2. The Morgan fingerprint density at radius 1 is 1.55 bits per heavy atom. The van der Waals surface area contributed by atoms with Crippen molar-refractivity contribution < 1.29 is 14.3 Å². The molecule has 1 aromatic rings. The van der Waals surface area contributed by atoms with Gasteiger partial charge in [0.2, 0.25) is 11.8 Å². The summed E-state index contributed by atoms with van der Waals surface area (Å²) in [6.45, 7) is 2.59. The third-order valence-electron chi connectivity index (χ3n) is 3.27. The van der Waals surface area contributed by atoms with Crippen molar-refractivity contribution in [3.05, 3.63) is 22.4 Å².